The molecule has 0 radical (unpaired) electrons. The molecule has 29 heavy (non-hydrogen) atoms. The first-order valence-corrected chi connectivity index (χ1v) is 10.0. The zero-order chi connectivity index (χ0) is 20.2. The van der Waals surface area contributed by atoms with E-state index < -0.39 is 0 Å². The summed E-state index contributed by atoms with van der Waals surface area (Å²) in [4.78, 5) is 38.7. The first-order valence-electron chi connectivity index (χ1n) is 9.63. The first-order chi connectivity index (χ1) is 14.1. The lowest BCUT2D eigenvalue weighted by Crippen LogP contribution is -2.48. The molecule has 2 aliphatic heterocycles. The zero-order valence-corrected chi connectivity index (χ0v) is 16.7. The van der Waals surface area contributed by atoms with Crippen molar-refractivity contribution in [3.63, 3.8) is 0 Å². The number of likely N-dealkylation sites (tertiary alicyclic amines) is 1. The zero-order valence-electron chi connectivity index (χ0n) is 15.9. The van der Waals surface area contributed by atoms with Crippen molar-refractivity contribution in [2.24, 2.45) is 0 Å². The predicted octanol–water partition coefficient (Wildman–Crippen LogP) is 2.44. The molecule has 2 fully saturated rings. The summed E-state index contributed by atoms with van der Waals surface area (Å²) in [5, 5.41) is 0.621. The van der Waals surface area contributed by atoms with Gasteiger partial charge in [-0.3, -0.25) is 9.69 Å². The van der Waals surface area contributed by atoms with Gasteiger partial charge in [-0.05, 0) is 43.2 Å². The number of benzene rings is 1. The van der Waals surface area contributed by atoms with Crippen LogP contribution in [0.3, 0.4) is 0 Å². The molecule has 1 aromatic carbocycles. The van der Waals surface area contributed by atoms with Gasteiger partial charge in [-0.25, -0.2) is 14.8 Å². The third kappa shape index (κ3) is 4.59. The van der Waals surface area contributed by atoms with Gasteiger partial charge in [-0.2, -0.15) is 0 Å². The average molecular weight is 416 g/mol. The van der Waals surface area contributed by atoms with E-state index in [1.807, 2.05) is 12.1 Å². The van der Waals surface area contributed by atoms with E-state index in [9.17, 15) is 9.59 Å². The number of nitrogens with zero attached hydrogens (tertiary/aromatic N) is 5. The second kappa shape index (κ2) is 8.65. The number of urea groups is 1. The molecule has 0 N–H and O–H groups in total. The van der Waals surface area contributed by atoms with Crippen molar-refractivity contribution in [1.82, 2.24) is 19.8 Å². The van der Waals surface area contributed by atoms with E-state index in [4.69, 9.17) is 16.3 Å². The fourth-order valence-electron chi connectivity index (χ4n) is 3.61. The molecule has 8 nitrogen and oxygen atoms in total. The Bertz CT molecular complexity index is 864. The number of amides is 3. The Labute approximate surface area is 174 Å². The SMILES string of the molecule is O=C(CN1CCN(c2ccc(Cl)cc2)C1=O)N1CCCC(Oc2ncccn2)C1. The molecule has 2 aromatic rings. The summed E-state index contributed by atoms with van der Waals surface area (Å²) in [6, 6.07) is 9.01. The first kappa shape index (κ1) is 19.4. The number of carbonyl (C=O) groups is 2. The molecule has 3 heterocycles. The van der Waals surface area contributed by atoms with Gasteiger partial charge >= 0.3 is 12.0 Å². The number of aromatic nitrogens is 2. The fourth-order valence-corrected chi connectivity index (χ4v) is 3.74. The van der Waals surface area contributed by atoms with Crippen LogP contribution in [-0.4, -0.2) is 70.5 Å². The number of ether oxygens (including phenoxy) is 1. The van der Waals surface area contributed by atoms with Crippen LogP contribution in [-0.2, 0) is 4.79 Å². The van der Waals surface area contributed by atoms with Gasteiger partial charge < -0.3 is 14.5 Å². The molecule has 152 valence electrons. The average Bonchev–Trinajstić information content (AvgIpc) is 3.10. The molecule has 1 unspecified atom stereocenters. The molecule has 9 heteroatoms. The lowest BCUT2D eigenvalue weighted by Gasteiger charge is -2.33. The maximum absolute atomic E-state index is 12.8. The predicted molar refractivity (Wildman–Crippen MR) is 108 cm³/mol. The van der Waals surface area contributed by atoms with Gasteiger partial charge in [0.05, 0.1) is 6.54 Å². The molecule has 4 rings (SSSR count). The molecule has 0 spiro atoms. The van der Waals surface area contributed by atoms with Crippen LogP contribution in [0.15, 0.2) is 42.7 Å². The molecule has 2 aliphatic rings. The second-order valence-corrected chi connectivity index (χ2v) is 7.52. The van der Waals surface area contributed by atoms with Crippen molar-refractivity contribution in [2.75, 3.05) is 37.6 Å². The lowest BCUT2D eigenvalue weighted by atomic mass is 10.1. The van der Waals surface area contributed by atoms with E-state index in [1.165, 1.54) is 0 Å². The van der Waals surface area contributed by atoms with Crippen LogP contribution in [0, 0.1) is 0 Å². The highest BCUT2D eigenvalue weighted by Gasteiger charge is 2.33. The van der Waals surface area contributed by atoms with Crippen molar-refractivity contribution in [3.8, 4) is 6.01 Å². The highest BCUT2D eigenvalue weighted by atomic mass is 35.5. The van der Waals surface area contributed by atoms with Crippen LogP contribution in [0.1, 0.15) is 12.8 Å². The Morgan fingerprint density at radius 1 is 1.14 bits per heavy atom. The minimum atomic E-state index is -0.164. The van der Waals surface area contributed by atoms with Gasteiger partial charge in [-0.1, -0.05) is 11.6 Å². The molecular weight excluding hydrogens is 394 g/mol. The Hall–Kier alpha value is -2.87. The minimum Gasteiger partial charge on any atom is -0.458 e. The molecule has 2 saturated heterocycles. The number of hydrogen-bond donors (Lipinski definition) is 0. The monoisotopic (exact) mass is 415 g/mol. The maximum Gasteiger partial charge on any atom is 0.325 e. The number of hydrogen-bond acceptors (Lipinski definition) is 5. The van der Waals surface area contributed by atoms with Gasteiger partial charge in [0.15, 0.2) is 0 Å². The molecule has 0 saturated carbocycles. The summed E-state index contributed by atoms with van der Waals surface area (Å²) in [5.41, 5.74) is 0.781. The third-order valence-corrected chi connectivity index (χ3v) is 5.36. The van der Waals surface area contributed by atoms with E-state index in [2.05, 4.69) is 9.97 Å². The standard InChI is InChI=1S/C20H22ClN5O3/c21-15-4-6-16(7-5-15)26-12-11-25(20(26)28)14-18(27)24-10-1-3-17(13-24)29-19-22-8-2-9-23-19/h2,4-9,17H,1,3,10-14H2. The Balaban J connectivity index is 1.33. The highest BCUT2D eigenvalue weighted by Crippen LogP contribution is 2.23. The summed E-state index contributed by atoms with van der Waals surface area (Å²) in [6.07, 6.45) is 4.79. The van der Waals surface area contributed by atoms with E-state index in [0.717, 1.165) is 18.5 Å². The van der Waals surface area contributed by atoms with Crippen LogP contribution in [0.5, 0.6) is 6.01 Å². The fraction of sp³-hybridized carbons (Fsp3) is 0.400. The Morgan fingerprint density at radius 2 is 1.90 bits per heavy atom. The summed E-state index contributed by atoms with van der Waals surface area (Å²) in [6.45, 7) is 2.26. The number of rotatable bonds is 5. The molecule has 1 aromatic heterocycles. The second-order valence-electron chi connectivity index (χ2n) is 7.09. The van der Waals surface area contributed by atoms with Crippen LogP contribution in [0.25, 0.3) is 0 Å². The number of halogens is 1. The third-order valence-electron chi connectivity index (χ3n) is 5.10. The van der Waals surface area contributed by atoms with E-state index in [-0.39, 0.29) is 24.6 Å². The Kier molecular flexibility index (Phi) is 5.80. The van der Waals surface area contributed by atoms with Crippen LogP contribution in [0.4, 0.5) is 10.5 Å². The summed E-state index contributed by atoms with van der Waals surface area (Å²) in [5.74, 6) is -0.0708. The van der Waals surface area contributed by atoms with Crippen LogP contribution < -0.4 is 9.64 Å². The molecule has 1 atom stereocenters. The van der Waals surface area contributed by atoms with E-state index in [0.29, 0.717) is 37.2 Å². The number of anilines is 1. The lowest BCUT2D eigenvalue weighted by molar-refractivity contribution is -0.134. The quantitative estimate of drug-likeness (QED) is 0.749. The van der Waals surface area contributed by atoms with Gasteiger partial charge in [0.25, 0.3) is 0 Å². The molecular formula is C20H22ClN5O3. The van der Waals surface area contributed by atoms with Crippen LogP contribution >= 0.6 is 11.6 Å². The summed E-state index contributed by atoms with van der Waals surface area (Å²) < 4.78 is 5.80. The van der Waals surface area contributed by atoms with Gasteiger partial charge in [0.1, 0.15) is 12.6 Å². The smallest absolute Gasteiger partial charge is 0.325 e. The normalized spacial score (nSPS) is 19.6. The van der Waals surface area contributed by atoms with Crippen LogP contribution in [0.2, 0.25) is 5.02 Å². The van der Waals surface area contributed by atoms with Gasteiger partial charge in [0.2, 0.25) is 5.91 Å². The Morgan fingerprint density at radius 3 is 2.66 bits per heavy atom. The van der Waals surface area contributed by atoms with Gasteiger partial charge in [-0.15, -0.1) is 0 Å². The van der Waals surface area contributed by atoms with Crippen molar-refractivity contribution in [2.45, 2.75) is 18.9 Å². The highest BCUT2D eigenvalue weighted by molar-refractivity contribution is 6.30. The van der Waals surface area contributed by atoms with Crippen molar-refractivity contribution in [3.05, 3.63) is 47.7 Å². The largest absolute Gasteiger partial charge is 0.458 e. The van der Waals surface area contributed by atoms with Gasteiger partial charge in [0, 0.05) is 42.7 Å². The molecule has 3 amide bonds. The topological polar surface area (TPSA) is 78.9 Å². The molecule has 0 aliphatic carbocycles. The number of piperidine rings is 1. The van der Waals surface area contributed by atoms with Crippen molar-refractivity contribution >= 4 is 29.2 Å². The summed E-state index contributed by atoms with van der Waals surface area (Å²) in [7, 11) is 0. The molecule has 0 bridgehead atoms. The van der Waals surface area contributed by atoms with E-state index >= 15 is 0 Å². The summed E-state index contributed by atoms with van der Waals surface area (Å²) >= 11 is 5.92. The van der Waals surface area contributed by atoms with Crippen molar-refractivity contribution in [1.29, 1.82) is 0 Å². The maximum atomic E-state index is 12.8. The van der Waals surface area contributed by atoms with Crippen molar-refractivity contribution < 1.29 is 14.3 Å². The van der Waals surface area contributed by atoms with E-state index in [1.54, 1.807) is 45.3 Å². The number of carbonyl (C=O) groups excluding carboxylic acids is 2. The minimum absolute atomic E-state index is 0.0669.